The molecule has 4 aromatic rings. The van der Waals surface area contributed by atoms with Gasteiger partial charge in [-0.25, -0.2) is 9.78 Å². The largest absolute Gasteiger partial charge is 0.477 e. The van der Waals surface area contributed by atoms with Crippen LogP contribution in [0.2, 0.25) is 0 Å². The van der Waals surface area contributed by atoms with E-state index in [9.17, 15) is 9.59 Å². The first-order valence-corrected chi connectivity index (χ1v) is 9.40. The molecule has 0 aliphatic rings. The number of benzene rings is 2. The maximum Gasteiger partial charge on any atom is 0.345 e. The number of thiophene rings is 1. The summed E-state index contributed by atoms with van der Waals surface area (Å²) in [5.41, 5.74) is 2.05. The van der Waals surface area contributed by atoms with Crippen molar-refractivity contribution < 1.29 is 19.1 Å². The van der Waals surface area contributed by atoms with Gasteiger partial charge in [-0.3, -0.25) is 4.79 Å². The van der Waals surface area contributed by atoms with Crippen LogP contribution in [0.5, 0.6) is 0 Å². The minimum absolute atomic E-state index is 0.0875. The Morgan fingerprint density at radius 1 is 1.14 bits per heavy atom. The average molecular weight is 392 g/mol. The van der Waals surface area contributed by atoms with Crippen LogP contribution >= 0.6 is 11.3 Å². The molecule has 2 heterocycles. The maximum absolute atomic E-state index is 12.4. The van der Waals surface area contributed by atoms with Gasteiger partial charge in [-0.15, -0.1) is 11.3 Å². The molecule has 7 heteroatoms. The van der Waals surface area contributed by atoms with Crippen molar-refractivity contribution in [3.63, 3.8) is 0 Å². The summed E-state index contributed by atoms with van der Waals surface area (Å²) < 4.78 is 6.55. The Bertz CT molecular complexity index is 1180. The summed E-state index contributed by atoms with van der Waals surface area (Å²) in [4.78, 5) is 28.3. The zero-order chi connectivity index (χ0) is 19.7. The van der Waals surface area contributed by atoms with Gasteiger partial charge < -0.3 is 14.8 Å². The third kappa shape index (κ3) is 3.65. The van der Waals surface area contributed by atoms with Crippen molar-refractivity contribution in [2.75, 3.05) is 5.32 Å². The van der Waals surface area contributed by atoms with Crippen LogP contribution in [0.3, 0.4) is 0 Å². The number of nitrogens with one attached hydrogen (secondary N) is 1. The fourth-order valence-corrected chi connectivity index (χ4v) is 3.76. The number of hydrogen-bond acceptors (Lipinski definition) is 5. The van der Waals surface area contributed by atoms with Gasteiger partial charge in [-0.2, -0.15) is 0 Å². The molecule has 28 heavy (non-hydrogen) atoms. The highest BCUT2D eigenvalue weighted by atomic mass is 32.1. The second kappa shape index (κ2) is 7.28. The molecule has 0 radical (unpaired) electrons. The molecule has 0 saturated carbocycles. The second-order valence-corrected chi connectivity index (χ2v) is 7.37. The molecule has 0 bridgehead atoms. The van der Waals surface area contributed by atoms with Crippen LogP contribution in [0, 0.1) is 6.92 Å². The van der Waals surface area contributed by atoms with Crippen molar-refractivity contribution in [3.05, 3.63) is 70.9 Å². The first kappa shape index (κ1) is 17.9. The Kier molecular flexibility index (Phi) is 4.67. The van der Waals surface area contributed by atoms with Gasteiger partial charge in [0.15, 0.2) is 0 Å². The van der Waals surface area contributed by atoms with Crippen LogP contribution in [-0.4, -0.2) is 22.0 Å². The minimum Gasteiger partial charge on any atom is -0.477 e. The number of hydrogen-bond donors (Lipinski definition) is 2. The molecule has 4 rings (SSSR count). The standard InChI is InChI=1S/C21H16N2O4S/c1-12-16(23-20(27-12)13-5-3-2-4-6-13)11-19(24)22-15-7-8-17-14(9-15)10-18(28-17)21(25)26/h2-10H,11H2,1H3,(H,22,24)(H,25,26). The number of oxazole rings is 1. The summed E-state index contributed by atoms with van der Waals surface area (Å²) in [6, 6.07) is 16.4. The Morgan fingerprint density at radius 3 is 2.68 bits per heavy atom. The number of rotatable bonds is 5. The van der Waals surface area contributed by atoms with Crippen LogP contribution in [0.4, 0.5) is 5.69 Å². The first-order chi connectivity index (χ1) is 13.5. The molecule has 0 unspecified atom stereocenters. The molecule has 1 amide bonds. The molecule has 0 aliphatic heterocycles. The quantitative estimate of drug-likeness (QED) is 0.512. The Balaban J connectivity index is 1.49. The fourth-order valence-electron chi connectivity index (χ4n) is 2.88. The number of nitrogens with zero attached hydrogens (tertiary/aromatic N) is 1. The van der Waals surface area contributed by atoms with Crippen molar-refractivity contribution in [3.8, 4) is 11.5 Å². The van der Waals surface area contributed by atoms with E-state index < -0.39 is 5.97 Å². The molecular formula is C21H16N2O4S. The molecule has 6 nitrogen and oxygen atoms in total. The number of fused-ring (bicyclic) bond motifs is 1. The zero-order valence-corrected chi connectivity index (χ0v) is 15.7. The van der Waals surface area contributed by atoms with Crippen molar-refractivity contribution >= 4 is 39.0 Å². The van der Waals surface area contributed by atoms with Crippen LogP contribution < -0.4 is 5.32 Å². The number of aromatic nitrogens is 1. The molecular weight excluding hydrogens is 376 g/mol. The average Bonchev–Trinajstić information content (AvgIpc) is 3.26. The highest BCUT2D eigenvalue weighted by Gasteiger charge is 2.15. The number of aromatic carboxylic acids is 1. The van der Waals surface area contributed by atoms with E-state index in [2.05, 4.69) is 10.3 Å². The van der Waals surface area contributed by atoms with Gasteiger partial charge in [-0.05, 0) is 48.7 Å². The molecule has 2 N–H and O–H groups in total. The fraction of sp³-hybridized carbons (Fsp3) is 0.0952. The number of carboxylic acid groups (broad SMARTS) is 1. The van der Waals surface area contributed by atoms with Gasteiger partial charge in [0.25, 0.3) is 0 Å². The summed E-state index contributed by atoms with van der Waals surface area (Å²) in [7, 11) is 0. The molecule has 140 valence electrons. The highest BCUT2D eigenvalue weighted by molar-refractivity contribution is 7.20. The van der Waals surface area contributed by atoms with Crippen molar-refractivity contribution in [1.29, 1.82) is 0 Å². The highest BCUT2D eigenvalue weighted by Crippen LogP contribution is 2.28. The van der Waals surface area contributed by atoms with Gasteiger partial charge in [0.05, 0.1) is 12.1 Å². The van der Waals surface area contributed by atoms with Crippen molar-refractivity contribution in [2.24, 2.45) is 0 Å². The number of amides is 1. The summed E-state index contributed by atoms with van der Waals surface area (Å²) in [5.74, 6) is -0.0817. The number of carbonyl (C=O) groups is 2. The SMILES string of the molecule is Cc1oc(-c2ccccc2)nc1CC(=O)Nc1ccc2sc(C(=O)O)cc2c1. The Hall–Kier alpha value is -3.45. The maximum atomic E-state index is 12.4. The van der Waals surface area contributed by atoms with Gasteiger partial charge in [0.2, 0.25) is 11.8 Å². The predicted octanol–water partition coefficient (Wildman–Crippen LogP) is 4.74. The zero-order valence-electron chi connectivity index (χ0n) is 14.9. The van der Waals surface area contributed by atoms with E-state index >= 15 is 0 Å². The molecule has 0 fully saturated rings. The number of carboxylic acids is 1. The Labute approximate surface area is 164 Å². The van der Waals surface area contributed by atoms with E-state index in [4.69, 9.17) is 9.52 Å². The topological polar surface area (TPSA) is 92.4 Å². The monoisotopic (exact) mass is 392 g/mol. The van der Waals surface area contributed by atoms with Gasteiger partial charge >= 0.3 is 5.97 Å². The van der Waals surface area contributed by atoms with Gasteiger partial charge in [0.1, 0.15) is 10.6 Å². The van der Waals surface area contributed by atoms with Crippen LogP contribution in [0.25, 0.3) is 21.5 Å². The van der Waals surface area contributed by atoms with Gasteiger partial charge in [0, 0.05) is 16.0 Å². The van der Waals surface area contributed by atoms with E-state index in [1.807, 2.05) is 30.3 Å². The summed E-state index contributed by atoms with van der Waals surface area (Å²) in [6.07, 6.45) is 0.0875. The number of anilines is 1. The van der Waals surface area contributed by atoms with Crippen LogP contribution in [-0.2, 0) is 11.2 Å². The van der Waals surface area contributed by atoms with E-state index in [-0.39, 0.29) is 17.2 Å². The minimum atomic E-state index is -0.956. The lowest BCUT2D eigenvalue weighted by Crippen LogP contribution is -2.15. The predicted molar refractivity (Wildman–Crippen MR) is 108 cm³/mol. The smallest absolute Gasteiger partial charge is 0.345 e. The van der Waals surface area contributed by atoms with E-state index in [1.54, 1.807) is 31.2 Å². The molecule has 0 aliphatic carbocycles. The summed E-state index contributed by atoms with van der Waals surface area (Å²) >= 11 is 1.20. The second-order valence-electron chi connectivity index (χ2n) is 6.28. The molecule has 0 spiro atoms. The Morgan fingerprint density at radius 2 is 1.93 bits per heavy atom. The normalized spacial score (nSPS) is 10.9. The lowest BCUT2D eigenvalue weighted by molar-refractivity contribution is -0.115. The van der Waals surface area contributed by atoms with Gasteiger partial charge in [-0.1, -0.05) is 18.2 Å². The summed E-state index contributed by atoms with van der Waals surface area (Å²) in [6.45, 7) is 1.78. The summed E-state index contributed by atoms with van der Waals surface area (Å²) in [5, 5.41) is 12.7. The third-order valence-electron chi connectivity index (χ3n) is 4.25. The van der Waals surface area contributed by atoms with E-state index in [0.717, 1.165) is 15.6 Å². The van der Waals surface area contributed by atoms with Crippen molar-refractivity contribution in [1.82, 2.24) is 4.98 Å². The third-order valence-corrected chi connectivity index (χ3v) is 5.36. The van der Waals surface area contributed by atoms with Crippen LogP contribution in [0.15, 0.2) is 59.0 Å². The van der Waals surface area contributed by atoms with E-state index in [1.165, 1.54) is 11.3 Å². The molecule has 0 atom stereocenters. The van der Waals surface area contributed by atoms with E-state index in [0.29, 0.717) is 23.0 Å². The lowest BCUT2D eigenvalue weighted by Gasteiger charge is -2.04. The molecule has 2 aromatic carbocycles. The number of carbonyl (C=O) groups excluding carboxylic acids is 1. The van der Waals surface area contributed by atoms with Crippen molar-refractivity contribution in [2.45, 2.75) is 13.3 Å². The lowest BCUT2D eigenvalue weighted by atomic mass is 10.2. The molecule has 2 aromatic heterocycles. The van der Waals surface area contributed by atoms with Crippen LogP contribution in [0.1, 0.15) is 21.1 Å². The number of aryl methyl sites for hydroxylation is 1. The molecule has 0 saturated heterocycles. The first-order valence-electron chi connectivity index (χ1n) is 8.58.